The van der Waals surface area contributed by atoms with Gasteiger partial charge < -0.3 is 9.67 Å². The minimum atomic E-state index is 0.146. The summed E-state index contributed by atoms with van der Waals surface area (Å²) < 4.78 is 1.99. The second-order valence-electron chi connectivity index (χ2n) is 2.20. The van der Waals surface area contributed by atoms with Gasteiger partial charge in [-0.3, -0.25) is 0 Å². The lowest BCUT2D eigenvalue weighted by atomic mass is 10.3. The maximum absolute atomic E-state index is 8.72. The van der Waals surface area contributed by atoms with Crippen molar-refractivity contribution < 1.29 is 5.11 Å². The minimum absolute atomic E-state index is 0.146. The number of aliphatic hydroxyl groups excluding tert-OH is 1. The number of aromatic nitrogens is 1. The first-order valence-corrected chi connectivity index (χ1v) is 2.97. The fourth-order valence-corrected chi connectivity index (χ4v) is 0.828. The fourth-order valence-electron chi connectivity index (χ4n) is 0.828. The highest BCUT2D eigenvalue weighted by molar-refractivity contribution is 5.19. The number of aryl methyl sites for hydroxylation is 1. The smallest absolute Gasteiger partial charge is 0.0699 e. The summed E-state index contributed by atoms with van der Waals surface area (Å²) in [4.78, 5) is 0. The maximum Gasteiger partial charge on any atom is 0.0699 e. The molecule has 0 aliphatic heterocycles. The SMILES string of the molecule is Cc1c(CO)ccn1C. The molecule has 0 spiro atoms. The Balaban J connectivity index is 3.04. The summed E-state index contributed by atoms with van der Waals surface area (Å²) in [5.41, 5.74) is 2.15. The molecule has 0 fully saturated rings. The standard InChI is InChI=1S/C7H11NO/c1-6-7(5-9)3-4-8(6)2/h3-4,9H,5H2,1-2H3. The molecule has 1 aromatic rings. The summed E-state index contributed by atoms with van der Waals surface area (Å²) in [5.74, 6) is 0. The highest BCUT2D eigenvalue weighted by Crippen LogP contribution is 2.06. The molecule has 0 amide bonds. The summed E-state index contributed by atoms with van der Waals surface area (Å²) >= 11 is 0. The molecule has 0 bridgehead atoms. The molecule has 2 nitrogen and oxygen atoms in total. The summed E-state index contributed by atoms with van der Waals surface area (Å²) in [7, 11) is 1.97. The molecule has 1 heterocycles. The molecule has 0 saturated heterocycles. The van der Waals surface area contributed by atoms with Crippen molar-refractivity contribution in [3.05, 3.63) is 23.5 Å². The Labute approximate surface area is 54.7 Å². The highest BCUT2D eigenvalue weighted by Gasteiger charge is 1.97. The van der Waals surface area contributed by atoms with Gasteiger partial charge in [-0.1, -0.05) is 0 Å². The van der Waals surface area contributed by atoms with E-state index in [1.165, 1.54) is 0 Å². The van der Waals surface area contributed by atoms with Gasteiger partial charge >= 0.3 is 0 Å². The average molecular weight is 125 g/mol. The van der Waals surface area contributed by atoms with Crippen molar-refractivity contribution >= 4 is 0 Å². The second-order valence-corrected chi connectivity index (χ2v) is 2.20. The molecule has 2 heteroatoms. The first-order valence-electron chi connectivity index (χ1n) is 2.97. The van der Waals surface area contributed by atoms with Crippen LogP contribution in [0.1, 0.15) is 11.3 Å². The van der Waals surface area contributed by atoms with Crippen LogP contribution in [0, 0.1) is 6.92 Å². The third-order valence-corrected chi connectivity index (χ3v) is 1.66. The zero-order valence-corrected chi connectivity index (χ0v) is 5.76. The summed E-state index contributed by atoms with van der Waals surface area (Å²) in [6, 6.07) is 1.93. The fraction of sp³-hybridized carbons (Fsp3) is 0.429. The van der Waals surface area contributed by atoms with Crippen LogP contribution in [-0.2, 0) is 13.7 Å². The van der Waals surface area contributed by atoms with Crippen LogP contribution in [0.5, 0.6) is 0 Å². The average Bonchev–Trinajstić information content (AvgIpc) is 2.15. The van der Waals surface area contributed by atoms with Crippen molar-refractivity contribution in [3.63, 3.8) is 0 Å². The van der Waals surface area contributed by atoms with E-state index in [1.807, 2.05) is 30.8 Å². The van der Waals surface area contributed by atoms with Crippen LogP contribution < -0.4 is 0 Å². The molecule has 0 saturated carbocycles. The van der Waals surface area contributed by atoms with Gasteiger partial charge in [-0.05, 0) is 18.6 Å². The number of nitrogens with zero attached hydrogens (tertiary/aromatic N) is 1. The van der Waals surface area contributed by atoms with Gasteiger partial charge in [0.05, 0.1) is 6.61 Å². The van der Waals surface area contributed by atoms with Crippen LogP contribution >= 0.6 is 0 Å². The second kappa shape index (κ2) is 2.23. The highest BCUT2D eigenvalue weighted by atomic mass is 16.3. The van der Waals surface area contributed by atoms with Gasteiger partial charge in [-0.2, -0.15) is 0 Å². The number of hydrogen-bond acceptors (Lipinski definition) is 1. The molecule has 50 valence electrons. The van der Waals surface area contributed by atoms with Crippen LogP contribution in [0.25, 0.3) is 0 Å². The molecular weight excluding hydrogens is 114 g/mol. The topological polar surface area (TPSA) is 25.2 Å². The zero-order chi connectivity index (χ0) is 6.85. The monoisotopic (exact) mass is 125 g/mol. The van der Waals surface area contributed by atoms with Crippen molar-refractivity contribution in [2.75, 3.05) is 0 Å². The Morgan fingerprint density at radius 2 is 2.33 bits per heavy atom. The number of hydrogen-bond donors (Lipinski definition) is 1. The van der Waals surface area contributed by atoms with Crippen molar-refractivity contribution in [1.82, 2.24) is 4.57 Å². The molecule has 0 unspecified atom stereocenters. The predicted octanol–water partition coefficient (Wildman–Crippen LogP) is 0.826. The van der Waals surface area contributed by atoms with E-state index in [-0.39, 0.29) is 6.61 Å². The van der Waals surface area contributed by atoms with E-state index in [2.05, 4.69) is 0 Å². The summed E-state index contributed by atoms with van der Waals surface area (Å²) in [5, 5.41) is 8.72. The summed E-state index contributed by atoms with van der Waals surface area (Å²) in [6.45, 7) is 2.14. The molecule has 1 aromatic heterocycles. The van der Waals surface area contributed by atoms with Crippen LogP contribution in [0.3, 0.4) is 0 Å². The molecule has 0 atom stereocenters. The van der Waals surface area contributed by atoms with E-state index in [0.717, 1.165) is 11.3 Å². The Kier molecular flexibility index (Phi) is 1.58. The minimum Gasteiger partial charge on any atom is -0.392 e. The van der Waals surface area contributed by atoms with Crippen molar-refractivity contribution in [1.29, 1.82) is 0 Å². The largest absolute Gasteiger partial charge is 0.392 e. The lowest BCUT2D eigenvalue weighted by Crippen LogP contribution is -1.90. The van der Waals surface area contributed by atoms with Crippen molar-refractivity contribution in [2.45, 2.75) is 13.5 Å². The molecule has 0 aliphatic carbocycles. The van der Waals surface area contributed by atoms with Gasteiger partial charge in [0, 0.05) is 18.9 Å². The molecule has 1 N–H and O–H groups in total. The molecule has 1 rings (SSSR count). The van der Waals surface area contributed by atoms with E-state index in [4.69, 9.17) is 5.11 Å². The molecule has 0 radical (unpaired) electrons. The Morgan fingerprint density at radius 1 is 1.67 bits per heavy atom. The molecule has 0 aliphatic rings. The lowest BCUT2D eigenvalue weighted by Gasteiger charge is -1.96. The normalized spacial score (nSPS) is 10.1. The van der Waals surface area contributed by atoms with Crippen molar-refractivity contribution in [3.8, 4) is 0 Å². The van der Waals surface area contributed by atoms with Crippen LogP contribution in [0.15, 0.2) is 12.3 Å². The van der Waals surface area contributed by atoms with E-state index in [9.17, 15) is 0 Å². The van der Waals surface area contributed by atoms with Crippen LogP contribution in [-0.4, -0.2) is 9.67 Å². The molecular formula is C7H11NO. The van der Waals surface area contributed by atoms with E-state index < -0.39 is 0 Å². The van der Waals surface area contributed by atoms with E-state index in [1.54, 1.807) is 0 Å². The quantitative estimate of drug-likeness (QED) is 0.590. The Bertz CT molecular complexity index is 203. The van der Waals surface area contributed by atoms with Crippen molar-refractivity contribution in [2.24, 2.45) is 7.05 Å². The van der Waals surface area contributed by atoms with Gasteiger partial charge in [-0.25, -0.2) is 0 Å². The van der Waals surface area contributed by atoms with Gasteiger partial charge in [0.2, 0.25) is 0 Å². The Morgan fingerprint density at radius 3 is 2.56 bits per heavy atom. The van der Waals surface area contributed by atoms with Gasteiger partial charge in [-0.15, -0.1) is 0 Å². The first-order chi connectivity index (χ1) is 4.25. The molecule has 0 aromatic carbocycles. The number of aliphatic hydroxyl groups is 1. The van der Waals surface area contributed by atoms with Crippen LogP contribution in [0.4, 0.5) is 0 Å². The third kappa shape index (κ3) is 0.980. The third-order valence-electron chi connectivity index (χ3n) is 1.66. The van der Waals surface area contributed by atoms with Gasteiger partial charge in [0.25, 0.3) is 0 Å². The lowest BCUT2D eigenvalue weighted by molar-refractivity contribution is 0.281. The first kappa shape index (κ1) is 6.36. The maximum atomic E-state index is 8.72. The zero-order valence-electron chi connectivity index (χ0n) is 5.76. The summed E-state index contributed by atoms with van der Waals surface area (Å²) in [6.07, 6.45) is 1.95. The Hall–Kier alpha value is -0.760. The number of rotatable bonds is 1. The van der Waals surface area contributed by atoms with E-state index in [0.29, 0.717) is 0 Å². The molecule has 9 heavy (non-hydrogen) atoms. The van der Waals surface area contributed by atoms with Gasteiger partial charge in [0.1, 0.15) is 0 Å². The van der Waals surface area contributed by atoms with Gasteiger partial charge in [0.15, 0.2) is 0 Å². The predicted molar refractivity (Wildman–Crippen MR) is 36.1 cm³/mol. The van der Waals surface area contributed by atoms with E-state index >= 15 is 0 Å². The van der Waals surface area contributed by atoms with Crippen LogP contribution in [0.2, 0.25) is 0 Å².